The molecule has 8 nitrogen and oxygen atoms in total. The Morgan fingerprint density at radius 2 is 1.79 bits per heavy atom. The Morgan fingerprint density at radius 3 is 2.54 bits per heavy atom. The lowest BCUT2D eigenvalue weighted by atomic mass is 9.97. The van der Waals surface area contributed by atoms with Gasteiger partial charge in [-0.15, -0.1) is 0 Å². The number of fused-ring (bicyclic) bond motifs is 1. The van der Waals surface area contributed by atoms with Gasteiger partial charge < -0.3 is 4.90 Å². The van der Waals surface area contributed by atoms with E-state index in [2.05, 4.69) is 9.97 Å². The zero-order chi connectivity index (χ0) is 19.8. The number of piperidine rings is 1. The number of hydrogen-bond acceptors (Lipinski definition) is 5. The van der Waals surface area contributed by atoms with Crippen molar-refractivity contribution in [2.75, 3.05) is 6.54 Å². The molecule has 8 heteroatoms. The van der Waals surface area contributed by atoms with Crippen LogP contribution >= 0.6 is 0 Å². The summed E-state index contributed by atoms with van der Waals surface area (Å²) in [4.78, 5) is 48.1. The number of nitrogens with zero attached hydrogens (tertiary/aromatic N) is 5. The van der Waals surface area contributed by atoms with Crippen LogP contribution in [-0.2, 0) is 14.1 Å². The van der Waals surface area contributed by atoms with Crippen LogP contribution in [0.25, 0.3) is 11.0 Å². The maximum absolute atomic E-state index is 13.0. The molecular formula is C20H21N5O3. The van der Waals surface area contributed by atoms with Crippen molar-refractivity contribution in [3.05, 3.63) is 68.8 Å². The van der Waals surface area contributed by atoms with Crippen molar-refractivity contribution < 1.29 is 4.79 Å². The number of pyridine rings is 2. The first-order chi connectivity index (χ1) is 13.5. The highest BCUT2D eigenvalue weighted by Gasteiger charge is 2.30. The molecule has 1 aliphatic rings. The standard InChI is InChI=1S/C20H21N5O3/c1-23-17-14(19(27)24(2)20(23)28)6-7-15(22-17)16-5-3-4-12-25(16)18(26)13-8-10-21-11-9-13/h6-11,16H,3-5,12H2,1-2H3/t16-/m0/s1. The van der Waals surface area contributed by atoms with E-state index in [4.69, 9.17) is 0 Å². The summed E-state index contributed by atoms with van der Waals surface area (Å²) in [5.74, 6) is -0.0631. The Bertz CT molecular complexity index is 1170. The number of amides is 1. The van der Waals surface area contributed by atoms with Crippen molar-refractivity contribution in [3.8, 4) is 0 Å². The summed E-state index contributed by atoms with van der Waals surface area (Å²) >= 11 is 0. The zero-order valence-corrected chi connectivity index (χ0v) is 15.8. The quantitative estimate of drug-likeness (QED) is 0.671. The topological polar surface area (TPSA) is 90.1 Å². The van der Waals surface area contributed by atoms with E-state index in [0.29, 0.717) is 28.8 Å². The van der Waals surface area contributed by atoms with Crippen LogP contribution in [-0.4, -0.2) is 36.5 Å². The van der Waals surface area contributed by atoms with Gasteiger partial charge >= 0.3 is 5.69 Å². The van der Waals surface area contributed by atoms with Crippen LogP contribution in [0.15, 0.2) is 46.2 Å². The first kappa shape index (κ1) is 18.1. The summed E-state index contributed by atoms with van der Waals surface area (Å²) in [5.41, 5.74) is 0.829. The highest BCUT2D eigenvalue weighted by molar-refractivity contribution is 5.94. The average molecular weight is 379 g/mol. The summed E-state index contributed by atoms with van der Waals surface area (Å²) < 4.78 is 2.45. The van der Waals surface area contributed by atoms with Gasteiger partial charge in [-0.05, 0) is 43.5 Å². The van der Waals surface area contributed by atoms with Gasteiger partial charge in [0.05, 0.1) is 17.1 Å². The third kappa shape index (κ3) is 2.90. The maximum Gasteiger partial charge on any atom is 0.332 e. The zero-order valence-electron chi connectivity index (χ0n) is 15.8. The minimum atomic E-state index is -0.421. The molecule has 1 saturated heterocycles. The summed E-state index contributed by atoms with van der Waals surface area (Å²) in [6, 6.07) is 6.70. The molecule has 1 aliphatic heterocycles. The molecule has 4 rings (SSSR count). The van der Waals surface area contributed by atoms with Gasteiger partial charge in [-0.1, -0.05) is 0 Å². The molecule has 0 bridgehead atoms. The smallest absolute Gasteiger partial charge is 0.330 e. The lowest BCUT2D eigenvalue weighted by molar-refractivity contribution is 0.0606. The number of carbonyl (C=O) groups is 1. The van der Waals surface area contributed by atoms with Crippen LogP contribution in [0.1, 0.15) is 41.4 Å². The minimum absolute atomic E-state index is 0.0631. The van der Waals surface area contributed by atoms with E-state index in [1.807, 2.05) is 4.90 Å². The Kier molecular flexibility index (Phi) is 4.54. The average Bonchev–Trinajstić information content (AvgIpc) is 2.76. The van der Waals surface area contributed by atoms with Gasteiger partial charge in [0.1, 0.15) is 5.65 Å². The number of carbonyl (C=O) groups excluding carboxylic acids is 1. The molecule has 0 aliphatic carbocycles. The van der Waals surface area contributed by atoms with Gasteiger partial charge in [-0.3, -0.25) is 23.7 Å². The van der Waals surface area contributed by atoms with Crippen LogP contribution < -0.4 is 11.2 Å². The molecule has 3 aromatic rings. The van der Waals surface area contributed by atoms with Crippen molar-refractivity contribution in [3.63, 3.8) is 0 Å². The van der Waals surface area contributed by atoms with Crippen molar-refractivity contribution in [1.82, 2.24) is 24.0 Å². The predicted molar refractivity (Wildman–Crippen MR) is 104 cm³/mol. The summed E-state index contributed by atoms with van der Waals surface area (Å²) in [7, 11) is 3.05. The lowest BCUT2D eigenvalue weighted by Crippen LogP contribution is -2.40. The second kappa shape index (κ2) is 7.03. The third-order valence-electron chi connectivity index (χ3n) is 5.36. The molecule has 0 saturated carbocycles. The van der Waals surface area contributed by atoms with Crippen molar-refractivity contribution >= 4 is 16.9 Å². The second-order valence-electron chi connectivity index (χ2n) is 7.06. The van der Waals surface area contributed by atoms with Gasteiger partial charge in [-0.2, -0.15) is 0 Å². The Balaban J connectivity index is 1.80. The van der Waals surface area contributed by atoms with E-state index in [0.717, 1.165) is 23.8 Å². The molecule has 0 radical (unpaired) electrons. The largest absolute Gasteiger partial charge is 0.332 e. The molecule has 4 heterocycles. The number of rotatable bonds is 2. The Labute approximate surface area is 161 Å². The first-order valence-electron chi connectivity index (χ1n) is 9.26. The van der Waals surface area contributed by atoms with Gasteiger partial charge in [0.25, 0.3) is 11.5 Å². The monoisotopic (exact) mass is 379 g/mol. The van der Waals surface area contributed by atoms with Crippen molar-refractivity contribution in [2.45, 2.75) is 25.3 Å². The molecule has 0 N–H and O–H groups in total. The SMILES string of the molecule is Cn1c(=O)c2ccc([C@@H]3CCCCN3C(=O)c3ccncc3)nc2n(C)c1=O. The Morgan fingerprint density at radius 1 is 1.04 bits per heavy atom. The van der Waals surface area contributed by atoms with Crippen molar-refractivity contribution in [1.29, 1.82) is 0 Å². The third-order valence-corrected chi connectivity index (χ3v) is 5.36. The van der Waals surface area contributed by atoms with E-state index < -0.39 is 5.69 Å². The van der Waals surface area contributed by atoms with Gasteiger partial charge in [0.2, 0.25) is 0 Å². The molecule has 0 spiro atoms. The summed E-state index contributed by atoms with van der Waals surface area (Å²) in [6.07, 6.45) is 5.91. The van der Waals surface area contributed by atoms with E-state index in [1.54, 1.807) is 43.7 Å². The van der Waals surface area contributed by atoms with Crippen LogP contribution in [0.4, 0.5) is 0 Å². The Hall–Kier alpha value is -3.29. The fraction of sp³-hybridized carbons (Fsp3) is 0.350. The van der Waals surface area contributed by atoms with Crippen LogP contribution in [0.2, 0.25) is 0 Å². The number of aromatic nitrogens is 4. The fourth-order valence-electron chi connectivity index (χ4n) is 3.80. The highest BCUT2D eigenvalue weighted by Crippen LogP contribution is 2.31. The molecule has 0 aromatic carbocycles. The predicted octanol–water partition coefficient (Wildman–Crippen LogP) is 1.39. The molecule has 28 heavy (non-hydrogen) atoms. The maximum atomic E-state index is 13.0. The van der Waals surface area contributed by atoms with Crippen LogP contribution in [0.3, 0.4) is 0 Å². The number of hydrogen-bond donors (Lipinski definition) is 0. The number of aryl methyl sites for hydroxylation is 1. The minimum Gasteiger partial charge on any atom is -0.330 e. The second-order valence-corrected chi connectivity index (χ2v) is 7.06. The highest BCUT2D eigenvalue weighted by atomic mass is 16.2. The normalized spacial score (nSPS) is 17.1. The molecular weight excluding hydrogens is 358 g/mol. The van der Waals surface area contributed by atoms with Crippen LogP contribution in [0, 0.1) is 0 Å². The van der Waals surface area contributed by atoms with Crippen LogP contribution in [0.5, 0.6) is 0 Å². The van der Waals surface area contributed by atoms with E-state index in [-0.39, 0.29) is 17.5 Å². The van der Waals surface area contributed by atoms with E-state index in [1.165, 1.54) is 11.6 Å². The van der Waals surface area contributed by atoms with Gasteiger partial charge in [0.15, 0.2) is 0 Å². The molecule has 144 valence electrons. The summed E-state index contributed by atoms with van der Waals surface area (Å²) in [5, 5.41) is 0.385. The first-order valence-corrected chi connectivity index (χ1v) is 9.26. The van der Waals surface area contributed by atoms with Gasteiger partial charge in [-0.25, -0.2) is 9.78 Å². The molecule has 1 fully saturated rings. The van der Waals surface area contributed by atoms with E-state index in [9.17, 15) is 14.4 Å². The summed E-state index contributed by atoms with van der Waals surface area (Å²) in [6.45, 7) is 0.640. The lowest BCUT2D eigenvalue weighted by Gasteiger charge is -2.35. The molecule has 1 amide bonds. The van der Waals surface area contributed by atoms with E-state index >= 15 is 0 Å². The van der Waals surface area contributed by atoms with Gasteiger partial charge in [0, 0.05) is 38.6 Å². The molecule has 1 atom stereocenters. The fourth-order valence-corrected chi connectivity index (χ4v) is 3.80. The number of likely N-dealkylation sites (tertiary alicyclic amines) is 1. The molecule has 3 aromatic heterocycles. The van der Waals surface area contributed by atoms with Crippen molar-refractivity contribution in [2.24, 2.45) is 14.1 Å². The molecule has 0 unspecified atom stereocenters.